The van der Waals surface area contributed by atoms with Gasteiger partial charge in [-0.3, -0.25) is 23.9 Å². The maximum absolute atomic E-state index is 12.4. The van der Waals surface area contributed by atoms with E-state index in [1.807, 2.05) is 35.2 Å². The van der Waals surface area contributed by atoms with Crippen LogP contribution in [-0.4, -0.2) is 66.1 Å². The molecule has 0 aromatic heterocycles. The van der Waals surface area contributed by atoms with Crippen molar-refractivity contribution in [3.8, 4) is 0 Å². The van der Waals surface area contributed by atoms with Crippen molar-refractivity contribution in [2.75, 3.05) is 31.3 Å². The maximum Gasteiger partial charge on any atom is 0.265 e. The Kier molecular flexibility index (Phi) is 6.92. The first-order valence-corrected chi connectivity index (χ1v) is 12.4. The predicted molar refractivity (Wildman–Crippen MR) is 131 cm³/mol. The van der Waals surface area contributed by atoms with E-state index in [0.717, 1.165) is 16.9 Å². The van der Waals surface area contributed by atoms with Crippen LogP contribution < -0.4 is 4.90 Å². The van der Waals surface area contributed by atoms with Crippen LogP contribution in [0.15, 0.2) is 59.8 Å². The van der Waals surface area contributed by atoms with Crippen molar-refractivity contribution < 1.29 is 22.6 Å². The number of amides is 2. The molecule has 0 spiro atoms. The second-order valence-electron chi connectivity index (χ2n) is 8.46. The highest BCUT2D eigenvalue weighted by atomic mass is 32.2. The Labute approximate surface area is 199 Å². The highest BCUT2D eigenvalue weighted by Crippen LogP contribution is 2.47. The number of fused-ring (bicyclic) bond motifs is 1. The lowest BCUT2D eigenvalue weighted by molar-refractivity contribution is -0.132. The summed E-state index contributed by atoms with van der Waals surface area (Å²) in [5.41, 5.74) is 2.68. The number of nitrogens with zero attached hydrogens (tertiary/aromatic N) is 3. The number of carbonyl (C=O) groups excluding carboxylic acids is 2. The zero-order chi connectivity index (χ0) is 24.6. The molecule has 2 amide bonds. The SMILES string of the molecule is CN1C(=O)C(=CC=CC=C2N(CCCS(=O)(=O)O)c3ccccc3C2(C)C)C(=O)N(C)C1=S. The Morgan fingerprint density at radius 2 is 1.61 bits per heavy atom. The van der Waals surface area contributed by atoms with Crippen LogP contribution in [0.1, 0.15) is 25.8 Å². The molecule has 0 atom stereocenters. The molecule has 0 saturated carbocycles. The van der Waals surface area contributed by atoms with Crippen LogP contribution in [0.25, 0.3) is 0 Å². The summed E-state index contributed by atoms with van der Waals surface area (Å²) < 4.78 is 31.5. The molecule has 0 unspecified atom stereocenters. The summed E-state index contributed by atoms with van der Waals surface area (Å²) in [6.07, 6.45) is 6.99. The third-order valence-corrected chi connectivity index (χ3v) is 7.21. The van der Waals surface area contributed by atoms with Crippen molar-refractivity contribution >= 4 is 45.0 Å². The number of hydrogen-bond acceptors (Lipinski definition) is 6. The lowest BCUT2D eigenvalue weighted by Crippen LogP contribution is -2.52. The van der Waals surface area contributed by atoms with E-state index in [2.05, 4.69) is 13.8 Å². The Balaban J connectivity index is 1.90. The average Bonchev–Trinajstić information content (AvgIpc) is 2.96. The van der Waals surface area contributed by atoms with Gasteiger partial charge < -0.3 is 4.90 Å². The fourth-order valence-electron chi connectivity index (χ4n) is 4.08. The van der Waals surface area contributed by atoms with Gasteiger partial charge in [0.05, 0.1) is 5.75 Å². The highest BCUT2D eigenvalue weighted by Gasteiger charge is 2.39. The van der Waals surface area contributed by atoms with Gasteiger partial charge >= 0.3 is 0 Å². The van der Waals surface area contributed by atoms with Gasteiger partial charge in [-0.1, -0.05) is 44.2 Å². The van der Waals surface area contributed by atoms with Crippen molar-refractivity contribution in [1.82, 2.24) is 9.80 Å². The molecule has 2 aliphatic rings. The minimum absolute atomic E-state index is 0.0160. The molecular weight excluding hydrogens is 462 g/mol. The number of thiocarbonyl (C=S) groups is 1. The van der Waals surface area contributed by atoms with Crippen LogP contribution in [0.5, 0.6) is 0 Å². The quantitative estimate of drug-likeness (QED) is 0.284. The van der Waals surface area contributed by atoms with Crippen LogP contribution >= 0.6 is 12.2 Å². The second kappa shape index (κ2) is 9.20. The smallest absolute Gasteiger partial charge is 0.265 e. The molecule has 0 aliphatic carbocycles. The zero-order valence-electron chi connectivity index (χ0n) is 19.0. The van der Waals surface area contributed by atoms with Gasteiger partial charge in [0, 0.05) is 37.4 Å². The summed E-state index contributed by atoms with van der Waals surface area (Å²) in [5, 5.41) is 0.152. The number of allylic oxidation sites excluding steroid dienone is 5. The van der Waals surface area contributed by atoms with Gasteiger partial charge in [-0.15, -0.1) is 0 Å². The molecule has 33 heavy (non-hydrogen) atoms. The number of para-hydroxylation sites is 1. The Morgan fingerprint density at radius 1 is 1.03 bits per heavy atom. The number of likely N-dealkylation sites (N-methyl/N-ethyl adjacent to an activating group) is 2. The summed E-state index contributed by atoms with van der Waals surface area (Å²) in [5.74, 6) is -1.24. The van der Waals surface area contributed by atoms with E-state index in [1.54, 1.807) is 12.2 Å². The fourth-order valence-corrected chi connectivity index (χ4v) is 4.74. The number of carbonyl (C=O) groups is 2. The summed E-state index contributed by atoms with van der Waals surface area (Å²) in [7, 11) is -0.998. The topological polar surface area (TPSA) is 98.2 Å². The average molecular weight is 490 g/mol. The van der Waals surface area contributed by atoms with Gasteiger partial charge in [0.1, 0.15) is 5.57 Å². The van der Waals surface area contributed by atoms with E-state index in [9.17, 15) is 18.0 Å². The third-order valence-electron chi connectivity index (χ3n) is 5.86. The summed E-state index contributed by atoms with van der Waals surface area (Å²) in [6, 6.07) is 7.89. The van der Waals surface area contributed by atoms with Crippen LogP contribution in [0.4, 0.5) is 5.69 Å². The van der Waals surface area contributed by atoms with Crippen LogP contribution in [0.2, 0.25) is 0 Å². The molecule has 1 N–H and O–H groups in total. The first-order chi connectivity index (χ1) is 15.4. The summed E-state index contributed by atoms with van der Waals surface area (Å²) in [6.45, 7) is 4.56. The Hall–Kier alpha value is -2.82. The van der Waals surface area contributed by atoms with Crippen LogP contribution in [0, 0.1) is 0 Å². The van der Waals surface area contributed by atoms with Gasteiger partial charge in [0.15, 0.2) is 5.11 Å². The van der Waals surface area contributed by atoms with E-state index in [0.29, 0.717) is 6.54 Å². The van der Waals surface area contributed by atoms with E-state index in [4.69, 9.17) is 16.8 Å². The van der Waals surface area contributed by atoms with Crippen molar-refractivity contribution in [1.29, 1.82) is 0 Å². The molecule has 10 heteroatoms. The Bertz CT molecular complexity index is 1170. The molecule has 176 valence electrons. The van der Waals surface area contributed by atoms with Gasteiger partial charge in [0.2, 0.25) is 0 Å². The number of hydrogen-bond donors (Lipinski definition) is 1. The molecule has 2 aliphatic heterocycles. The maximum atomic E-state index is 12.4. The van der Waals surface area contributed by atoms with Crippen molar-refractivity contribution in [2.45, 2.75) is 25.7 Å². The minimum Gasteiger partial charge on any atom is -0.344 e. The molecule has 3 rings (SSSR count). The van der Waals surface area contributed by atoms with Crippen LogP contribution in [-0.2, 0) is 25.1 Å². The lowest BCUT2D eigenvalue weighted by atomic mass is 9.84. The van der Waals surface area contributed by atoms with Gasteiger partial charge in [0.25, 0.3) is 21.9 Å². The van der Waals surface area contributed by atoms with E-state index in [1.165, 1.54) is 30.0 Å². The molecule has 1 saturated heterocycles. The third kappa shape index (κ3) is 4.92. The monoisotopic (exact) mass is 489 g/mol. The van der Waals surface area contributed by atoms with Crippen LogP contribution in [0.3, 0.4) is 0 Å². The van der Waals surface area contributed by atoms with E-state index >= 15 is 0 Å². The molecular formula is C23H27N3O5S2. The molecule has 0 radical (unpaired) electrons. The number of anilines is 1. The number of rotatable bonds is 6. The number of benzene rings is 1. The lowest BCUT2D eigenvalue weighted by Gasteiger charge is -2.31. The molecule has 1 fully saturated rings. The summed E-state index contributed by atoms with van der Waals surface area (Å²) >= 11 is 5.09. The van der Waals surface area contributed by atoms with Gasteiger partial charge in [-0.05, 0) is 42.4 Å². The van der Waals surface area contributed by atoms with Gasteiger partial charge in [-0.25, -0.2) is 0 Å². The first-order valence-electron chi connectivity index (χ1n) is 10.4. The Morgan fingerprint density at radius 3 is 2.21 bits per heavy atom. The van der Waals surface area contributed by atoms with Crippen molar-refractivity contribution in [3.05, 3.63) is 65.4 Å². The molecule has 1 aromatic carbocycles. The predicted octanol–water partition coefficient (Wildman–Crippen LogP) is 2.64. The highest BCUT2D eigenvalue weighted by molar-refractivity contribution is 7.85. The molecule has 1 aromatic rings. The fraction of sp³-hybridized carbons (Fsp3) is 0.348. The normalized spacial score (nSPS) is 19.8. The largest absolute Gasteiger partial charge is 0.344 e. The second-order valence-corrected chi connectivity index (χ2v) is 10.4. The first kappa shape index (κ1) is 24.8. The van der Waals surface area contributed by atoms with Crippen molar-refractivity contribution in [3.63, 3.8) is 0 Å². The summed E-state index contributed by atoms with van der Waals surface area (Å²) in [4.78, 5) is 29.4. The minimum atomic E-state index is -4.05. The zero-order valence-corrected chi connectivity index (χ0v) is 20.6. The van der Waals surface area contributed by atoms with Crippen molar-refractivity contribution in [2.24, 2.45) is 0 Å². The molecule has 0 bridgehead atoms. The molecule has 2 heterocycles. The standard InChI is InChI=1S/C23H27N3O5S2/c1-23(2)17-11-6-7-12-18(17)26(14-9-15-33(29,30)31)19(23)13-8-5-10-16-20(27)24(3)22(32)25(4)21(16)28/h5-8,10-13H,9,14-15H2,1-4H3,(H,29,30,31). The van der Waals surface area contributed by atoms with E-state index < -0.39 is 21.9 Å². The van der Waals surface area contributed by atoms with E-state index in [-0.39, 0.29) is 28.3 Å². The van der Waals surface area contributed by atoms with Gasteiger partial charge in [-0.2, -0.15) is 8.42 Å². The molecule has 8 nitrogen and oxygen atoms in total.